The van der Waals surface area contributed by atoms with Crippen LogP contribution in [0.15, 0.2) is 18.2 Å². The van der Waals surface area contributed by atoms with Gasteiger partial charge in [0.2, 0.25) is 0 Å². The molecule has 0 bridgehead atoms. The molecule has 16 heavy (non-hydrogen) atoms. The molecule has 2 rings (SSSR count). The Morgan fingerprint density at radius 1 is 1.50 bits per heavy atom. The number of fused-ring (bicyclic) bond motifs is 1. The second-order valence-corrected chi connectivity index (χ2v) is 4.41. The van der Waals surface area contributed by atoms with Gasteiger partial charge in [-0.2, -0.15) is 8.78 Å². The van der Waals surface area contributed by atoms with E-state index in [1.54, 1.807) is 6.92 Å². The van der Waals surface area contributed by atoms with E-state index in [-0.39, 0.29) is 6.61 Å². The van der Waals surface area contributed by atoms with Gasteiger partial charge in [0.25, 0.3) is 0 Å². The van der Waals surface area contributed by atoms with Crippen LogP contribution in [0.1, 0.15) is 18.1 Å². The van der Waals surface area contributed by atoms with Gasteiger partial charge in [-0.3, -0.25) is 0 Å². The van der Waals surface area contributed by atoms with Gasteiger partial charge in [0.05, 0.1) is 6.61 Å². The molecule has 0 saturated carbocycles. The molecule has 0 radical (unpaired) electrons. The van der Waals surface area contributed by atoms with Crippen LogP contribution in [0.3, 0.4) is 0 Å². The molecule has 0 amide bonds. The van der Waals surface area contributed by atoms with Crippen LogP contribution in [0.25, 0.3) is 0 Å². The van der Waals surface area contributed by atoms with E-state index in [2.05, 4.69) is 4.74 Å². The van der Waals surface area contributed by atoms with Gasteiger partial charge in [0.15, 0.2) is 0 Å². The third kappa shape index (κ3) is 2.32. The summed E-state index contributed by atoms with van der Waals surface area (Å²) in [6.07, 6.45) is 0.608. The molecule has 0 aromatic heterocycles. The number of alkyl halides is 2. The van der Waals surface area contributed by atoms with Crippen LogP contribution in [0, 0.1) is 6.92 Å². The van der Waals surface area contributed by atoms with Gasteiger partial charge in [0, 0.05) is 6.42 Å². The highest BCUT2D eigenvalue weighted by Gasteiger charge is 2.35. The lowest BCUT2D eigenvalue weighted by molar-refractivity contribution is -0.158. The summed E-state index contributed by atoms with van der Waals surface area (Å²) in [4.78, 5) is 0. The molecule has 0 aliphatic carbocycles. The Balaban J connectivity index is 2.09. The highest BCUT2D eigenvalue weighted by atomic mass is 19.3. The van der Waals surface area contributed by atoms with Crippen molar-refractivity contribution in [2.45, 2.75) is 32.5 Å². The fraction of sp³-hybridized carbons (Fsp3) is 0.500. The molecule has 1 heterocycles. The first-order valence-electron chi connectivity index (χ1n) is 5.17. The molecule has 1 unspecified atom stereocenters. The summed E-state index contributed by atoms with van der Waals surface area (Å²) in [5, 5.41) is 0. The molecule has 1 atom stereocenters. The standard InChI is InChI=1S/C12H14F2O2/c1-8-3-4-10-9(5-8)6-12(2,16-10)7-15-11(13)14/h3-5,11H,6-7H2,1-2H3. The lowest BCUT2D eigenvalue weighted by Gasteiger charge is -2.23. The average Bonchev–Trinajstić information content (AvgIpc) is 2.51. The quantitative estimate of drug-likeness (QED) is 0.791. The Bertz CT molecular complexity index is 393. The van der Waals surface area contributed by atoms with E-state index >= 15 is 0 Å². The topological polar surface area (TPSA) is 18.5 Å². The van der Waals surface area contributed by atoms with Crippen molar-refractivity contribution in [1.29, 1.82) is 0 Å². The van der Waals surface area contributed by atoms with Crippen molar-refractivity contribution in [3.63, 3.8) is 0 Å². The molecule has 0 spiro atoms. The number of ether oxygens (including phenoxy) is 2. The van der Waals surface area contributed by atoms with Crippen molar-refractivity contribution in [1.82, 2.24) is 0 Å². The molecule has 1 aliphatic rings. The number of aryl methyl sites for hydroxylation is 1. The molecule has 1 aromatic carbocycles. The van der Waals surface area contributed by atoms with Gasteiger partial charge in [-0.15, -0.1) is 0 Å². The second kappa shape index (κ2) is 4.01. The van der Waals surface area contributed by atoms with Crippen LogP contribution in [0.5, 0.6) is 5.75 Å². The highest BCUT2D eigenvalue weighted by molar-refractivity contribution is 5.41. The summed E-state index contributed by atoms with van der Waals surface area (Å²) in [5.74, 6) is 0.769. The molecule has 2 nitrogen and oxygen atoms in total. The van der Waals surface area contributed by atoms with Crippen molar-refractivity contribution in [3.8, 4) is 5.75 Å². The summed E-state index contributed by atoms with van der Waals surface area (Å²) in [7, 11) is 0. The van der Waals surface area contributed by atoms with Gasteiger partial charge in [-0.25, -0.2) is 0 Å². The number of hydrogen-bond donors (Lipinski definition) is 0. The first kappa shape index (κ1) is 11.3. The van der Waals surface area contributed by atoms with E-state index in [9.17, 15) is 8.78 Å². The van der Waals surface area contributed by atoms with Gasteiger partial charge in [-0.1, -0.05) is 17.7 Å². The summed E-state index contributed by atoms with van der Waals surface area (Å²) < 4.78 is 33.9. The smallest absolute Gasteiger partial charge is 0.345 e. The SMILES string of the molecule is Cc1ccc2c(c1)CC(C)(COC(F)F)O2. The van der Waals surface area contributed by atoms with Gasteiger partial charge >= 0.3 is 6.61 Å². The minimum Gasteiger partial charge on any atom is -0.485 e. The van der Waals surface area contributed by atoms with E-state index in [0.29, 0.717) is 6.42 Å². The molecule has 0 fully saturated rings. The van der Waals surface area contributed by atoms with E-state index in [1.807, 2.05) is 25.1 Å². The zero-order chi connectivity index (χ0) is 11.8. The third-order valence-corrected chi connectivity index (χ3v) is 2.65. The first-order valence-corrected chi connectivity index (χ1v) is 5.17. The molecule has 1 aromatic rings. The molecule has 88 valence electrons. The maximum Gasteiger partial charge on any atom is 0.345 e. The zero-order valence-corrected chi connectivity index (χ0v) is 9.30. The lowest BCUT2D eigenvalue weighted by atomic mass is 9.99. The van der Waals surface area contributed by atoms with Gasteiger partial charge in [-0.05, 0) is 25.5 Å². The van der Waals surface area contributed by atoms with Crippen LogP contribution in [-0.4, -0.2) is 18.8 Å². The molecular weight excluding hydrogens is 214 g/mol. The Hall–Kier alpha value is -1.16. The summed E-state index contributed by atoms with van der Waals surface area (Å²) in [5.41, 5.74) is 1.52. The van der Waals surface area contributed by atoms with Crippen molar-refractivity contribution >= 4 is 0 Å². The Labute approximate surface area is 93.2 Å². The van der Waals surface area contributed by atoms with Crippen LogP contribution in [0.4, 0.5) is 8.78 Å². The predicted molar refractivity (Wildman–Crippen MR) is 55.9 cm³/mol. The van der Waals surface area contributed by atoms with Crippen LogP contribution >= 0.6 is 0 Å². The average molecular weight is 228 g/mol. The van der Waals surface area contributed by atoms with Crippen molar-refractivity contribution in [2.24, 2.45) is 0 Å². The fourth-order valence-electron chi connectivity index (χ4n) is 1.97. The fourth-order valence-corrected chi connectivity index (χ4v) is 1.97. The van der Waals surface area contributed by atoms with Gasteiger partial charge < -0.3 is 9.47 Å². The molecule has 0 saturated heterocycles. The molecule has 0 N–H and O–H groups in total. The first-order chi connectivity index (χ1) is 7.48. The Morgan fingerprint density at radius 3 is 2.94 bits per heavy atom. The minimum atomic E-state index is -2.74. The van der Waals surface area contributed by atoms with Crippen LogP contribution in [-0.2, 0) is 11.2 Å². The van der Waals surface area contributed by atoms with Crippen LogP contribution < -0.4 is 4.74 Å². The number of hydrogen-bond acceptors (Lipinski definition) is 2. The van der Waals surface area contributed by atoms with E-state index in [1.165, 1.54) is 0 Å². The Kier molecular flexibility index (Phi) is 2.84. The molecule has 4 heteroatoms. The molecule has 1 aliphatic heterocycles. The summed E-state index contributed by atoms with van der Waals surface area (Å²) in [6, 6.07) is 5.83. The normalized spacial score (nSPS) is 23.3. The summed E-state index contributed by atoms with van der Waals surface area (Å²) >= 11 is 0. The van der Waals surface area contributed by atoms with E-state index in [4.69, 9.17) is 4.74 Å². The minimum absolute atomic E-state index is 0.0988. The van der Waals surface area contributed by atoms with Crippen molar-refractivity contribution in [3.05, 3.63) is 29.3 Å². The Morgan fingerprint density at radius 2 is 2.25 bits per heavy atom. The maximum atomic E-state index is 12.0. The monoisotopic (exact) mass is 228 g/mol. The van der Waals surface area contributed by atoms with E-state index in [0.717, 1.165) is 16.9 Å². The highest BCUT2D eigenvalue weighted by Crippen LogP contribution is 2.35. The predicted octanol–water partition coefficient (Wildman–Crippen LogP) is 2.93. The number of rotatable bonds is 3. The third-order valence-electron chi connectivity index (χ3n) is 2.65. The maximum absolute atomic E-state index is 12.0. The zero-order valence-electron chi connectivity index (χ0n) is 9.30. The van der Waals surface area contributed by atoms with Crippen molar-refractivity contribution < 1.29 is 18.3 Å². The van der Waals surface area contributed by atoms with Gasteiger partial charge in [0.1, 0.15) is 11.4 Å². The van der Waals surface area contributed by atoms with E-state index < -0.39 is 12.2 Å². The molecular formula is C12H14F2O2. The number of halogens is 2. The van der Waals surface area contributed by atoms with Crippen molar-refractivity contribution in [2.75, 3.05) is 6.61 Å². The lowest BCUT2D eigenvalue weighted by Crippen LogP contribution is -2.36. The summed E-state index contributed by atoms with van der Waals surface area (Å²) in [6.45, 7) is 0.931. The number of benzene rings is 1. The van der Waals surface area contributed by atoms with Crippen LogP contribution in [0.2, 0.25) is 0 Å². The second-order valence-electron chi connectivity index (χ2n) is 4.41. The largest absolute Gasteiger partial charge is 0.485 e.